The van der Waals surface area contributed by atoms with Crippen LogP contribution in [0, 0.1) is 0 Å². The number of rotatable bonds is 1. The van der Waals surface area contributed by atoms with Crippen LogP contribution in [0.25, 0.3) is 11.0 Å². The van der Waals surface area contributed by atoms with Crippen molar-refractivity contribution in [3.8, 4) is 0 Å². The van der Waals surface area contributed by atoms with Gasteiger partial charge >= 0.3 is 6.18 Å². The fraction of sp³-hybridized carbons (Fsp3) is 0.467. The highest BCUT2D eigenvalue weighted by atomic mass is 19.4. The van der Waals surface area contributed by atoms with Gasteiger partial charge in [-0.1, -0.05) is 0 Å². The quantitative estimate of drug-likeness (QED) is 0.879. The van der Waals surface area contributed by atoms with Crippen LogP contribution >= 0.6 is 0 Å². The molecule has 3 rings (SSSR count). The predicted molar refractivity (Wildman–Crippen MR) is 78.8 cm³/mol. The normalized spacial score (nSPS) is 23.0. The minimum absolute atomic E-state index is 0.259. The van der Waals surface area contributed by atoms with E-state index in [1.54, 1.807) is 6.20 Å². The molecule has 1 aliphatic rings. The van der Waals surface area contributed by atoms with E-state index < -0.39 is 11.7 Å². The molecule has 1 aromatic carbocycles. The number of piperazine rings is 1. The second-order valence-corrected chi connectivity index (χ2v) is 5.80. The molecule has 0 bridgehead atoms. The number of hydrogen-bond acceptors (Lipinski definition) is 4. The van der Waals surface area contributed by atoms with E-state index in [1.165, 1.54) is 6.07 Å². The van der Waals surface area contributed by atoms with Gasteiger partial charge in [-0.3, -0.25) is 4.98 Å². The molecule has 0 amide bonds. The first-order valence-corrected chi connectivity index (χ1v) is 7.18. The van der Waals surface area contributed by atoms with Gasteiger partial charge in [-0.2, -0.15) is 13.2 Å². The van der Waals surface area contributed by atoms with Crippen molar-refractivity contribution in [2.75, 3.05) is 18.0 Å². The van der Waals surface area contributed by atoms with Crippen LogP contribution in [-0.2, 0) is 6.18 Å². The molecular weight excluding hydrogens is 293 g/mol. The maximum Gasteiger partial charge on any atom is 0.416 e. The van der Waals surface area contributed by atoms with Crippen molar-refractivity contribution in [3.05, 3.63) is 30.0 Å². The Morgan fingerprint density at radius 3 is 2.45 bits per heavy atom. The molecule has 0 spiro atoms. The largest absolute Gasteiger partial charge is 0.416 e. The van der Waals surface area contributed by atoms with Gasteiger partial charge in [-0.05, 0) is 32.0 Å². The molecule has 1 saturated heterocycles. The van der Waals surface area contributed by atoms with Crippen molar-refractivity contribution in [1.29, 1.82) is 0 Å². The van der Waals surface area contributed by atoms with Gasteiger partial charge in [0, 0.05) is 25.2 Å². The van der Waals surface area contributed by atoms with Gasteiger partial charge in [-0.25, -0.2) is 4.98 Å². The molecule has 2 atom stereocenters. The second-order valence-electron chi connectivity index (χ2n) is 5.80. The van der Waals surface area contributed by atoms with E-state index >= 15 is 0 Å². The average molecular weight is 310 g/mol. The summed E-state index contributed by atoms with van der Waals surface area (Å²) in [4.78, 5) is 10.7. The lowest BCUT2D eigenvalue weighted by Crippen LogP contribution is -2.54. The molecule has 0 aliphatic carbocycles. The van der Waals surface area contributed by atoms with Gasteiger partial charge in [-0.15, -0.1) is 0 Å². The Balaban J connectivity index is 1.93. The lowest BCUT2D eigenvalue weighted by Gasteiger charge is -2.36. The molecule has 2 aromatic rings. The smallest absolute Gasteiger partial charge is 0.352 e. The molecule has 22 heavy (non-hydrogen) atoms. The Hall–Kier alpha value is -1.89. The van der Waals surface area contributed by atoms with Gasteiger partial charge in [0.05, 0.1) is 22.8 Å². The molecule has 1 aromatic heterocycles. The summed E-state index contributed by atoms with van der Waals surface area (Å²) < 4.78 is 38.1. The van der Waals surface area contributed by atoms with Crippen LogP contribution in [0.5, 0.6) is 0 Å². The second kappa shape index (κ2) is 5.39. The van der Waals surface area contributed by atoms with E-state index in [0.717, 1.165) is 25.2 Å². The minimum atomic E-state index is -4.36. The third kappa shape index (κ3) is 2.99. The number of nitrogens with zero attached hydrogens (tertiary/aromatic N) is 3. The van der Waals surface area contributed by atoms with Gasteiger partial charge in [0.1, 0.15) is 5.82 Å². The summed E-state index contributed by atoms with van der Waals surface area (Å²) >= 11 is 0. The molecule has 0 unspecified atom stereocenters. The molecule has 1 N–H and O–H groups in total. The Kier molecular flexibility index (Phi) is 3.68. The first-order valence-electron chi connectivity index (χ1n) is 7.18. The third-order valence-corrected chi connectivity index (χ3v) is 3.74. The standard InChI is InChI=1S/C15H17F3N4/c1-9-7-22(8-10(2)20-9)14-6-19-13-5-11(15(16,17)18)3-4-12(13)21-14/h3-6,9-10,20H,7-8H2,1-2H3/t9-,10+. The predicted octanol–water partition coefficient (Wildman–Crippen LogP) is 2.84. The third-order valence-electron chi connectivity index (χ3n) is 3.74. The van der Waals surface area contributed by atoms with Crippen molar-refractivity contribution in [3.63, 3.8) is 0 Å². The lowest BCUT2D eigenvalue weighted by molar-refractivity contribution is -0.137. The van der Waals surface area contributed by atoms with Gasteiger partial charge < -0.3 is 10.2 Å². The van der Waals surface area contributed by atoms with Crippen LogP contribution in [0.3, 0.4) is 0 Å². The summed E-state index contributed by atoms with van der Waals surface area (Å²) in [6.45, 7) is 5.77. The van der Waals surface area contributed by atoms with Crippen LogP contribution in [0.4, 0.5) is 19.0 Å². The zero-order valence-electron chi connectivity index (χ0n) is 12.4. The first kappa shape index (κ1) is 15.0. The Morgan fingerprint density at radius 2 is 1.82 bits per heavy atom. The van der Waals surface area contributed by atoms with Crippen molar-refractivity contribution >= 4 is 16.9 Å². The number of benzene rings is 1. The molecule has 1 fully saturated rings. The topological polar surface area (TPSA) is 41.1 Å². The molecule has 118 valence electrons. The van der Waals surface area contributed by atoms with Crippen molar-refractivity contribution in [2.24, 2.45) is 0 Å². The lowest BCUT2D eigenvalue weighted by atomic mass is 10.1. The SMILES string of the molecule is C[C@@H]1CN(c2cnc3cc(C(F)(F)F)ccc3n2)C[C@H](C)N1. The molecular formula is C15H17F3N4. The van der Waals surface area contributed by atoms with Crippen LogP contribution in [0.1, 0.15) is 19.4 Å². The summed E-state index contributed by atoms with van der Waals surface area (Å²) in [7, 11) is 0. The van der Waals surface area contributed by atoms with E-state index in [1.807, 2.05) is 0 Å². The summed E-state index contributed by atoms with van der Waals surface area (Å²) in [5, 5.41) is 3.43. The van der Waals surface area contributed by atoms with Crippen molar-refractivity contribution < 1.29 is 13.2 Å². The Bertz CT molecular complexity index is 676. The number of anilines is 1. The molecule has 7 heteroatoms. The summed E-state index contributed by atoms with van der Waals surface area (Å²) in [6.07, 6.45) is -2.81. The van der Waals surface area contributed by atoms with E-state index in [4.69, 9.17) is 0 Å². The molecule has 4 nitrogen and oxygen atoms in total. The fourth-order valence-electron chi connectivity index (χ4n) is 2.84. The van der Waals surface area contributed by atoms with E-state index in [-0.39, 0.29) is 5.52 Å². The summed E-state index contributed by atoms with van der Waals surface area (Å²) in [6, 6.07) is 4.12. The van der Waals surface area contributed by atoms with Crippen molar-refractivity contribution in [1.82, 2.24) is 15.3 Å². The number of alkyl halides is 3. The van der Waals surface area contributed by atoms with Gasteiger partial charge in [0.15, 0.2) is 0 Å². The van der Waals surface area contributed by atoms with Gasteiger partial charge in [0.2, 0.25) is 0 Å². The zero-order chi connectivity index (χ0) is 15.9. The number of hydrogen-bond donors (Lipinski definition) is 1. The number of fused-ring (bicyclic) bond motifs is 1. The number of nitrogens with one attached hydrogen (secondary N) is 1. The summed E-state index contributed by atoms with van der Waals surface area (Å²) in [5.74, 6) is 0.701. The molecule has 0 saturated carbocycles. The Labute approximate surface area is 126 Å². The highest BCUT2D eigenvalue weighted by Crippen LogP contribution is 2.31. The minimum Gasteiger partial charge on any atom is -0.352 e. The van der Waals surface area contributed by atoms with Crippen LogP contribution in [-0.4, -0.2) is 35.1 Å². The van der Waals surface area contributed by atoms with Crippen LogP contribution in [0.2, 0.25) is 0 Å². The number of halogens is 3. The van der Waals surface area contributed by atoms with Crippen LogP contribution in [0.15, 0.2) is 24.4 Å². The maximum atomic E-state index is 12.7. The van der Waals surface area contributed by atoms with E-state index in [2.05, 4.69) is 34.0 Å². The molecule has 0 radical (unpaired) electrons. The molecule has 1 aliphatic heterocycles. The van der Waals surface area contributed by atoms with E-state index in [0.29, 0.717) is 23.4 Å². The maximum absolute atomic E-state index is 12.7. The average Bonchev–Trinajstić information content (AvgIpc) is 2.44. The van der Waals surface area contributed by atoms with Crippen molar-refractivity contribution in [2.45, 2.75) is 32.1 Å². The Morgan fingerprint density at radius 1 is 1.14 bits per heavy atom. The first-order chi connectivity index (χ1) is 10.3. The monoisotopic (exact) mass is 310 g/mol. The zero-order valence-corrected chi connectivity index (χ0v) is 12.4. The van der Waals surface area contributed by atoms with E-state index in [9.17, 15) is 13.2 Å². The summed E-state index contributed by atoms with van der Waals surface area (Å²) in [5.41, 5.74) is 0.0330. The highest BCUT2D eigenvalue weighted by molar-refractivity contribution is 5.76. The number of aromatic nitrogens is 2. The highest BCUT2D eigenvalue weighted by Gasteiger charge is 2.30. The van der Waals surface area contributed by atoms with Gasteiger partial charge in [0.25, 0.3) is 0 Å². The van der Waals surface area contributed by atoms with Crippen LogP contribution < -0.4 is 10.2 Å². The molecule has 2 heterocycles. The fourth-order valence-corrected chi connectivity index (χ4v) is 2.84.